The van der Waals surface area contributed by atoms with Crippen LogP contribution in [0.15, 0.2) is 18.2 Å². The van der Waals surface area contributed by atoms with Gasteiger partial charge >= 0.3 is 5.97 Å². The van der Waals surface area contributed by atoms with E-state index in [0.29, 0.717) is 17.9 Å². The molecule has 0 N–H and O–H groups in total. The fourth-order valence-electron chi connectivity index (χ4n) is 1.08. The summed E-state index contributed by atoms with van der Waals surface area (Å²) in [6.45, 7) is 3.42. The van der Waals surface area contributed by atoms with E-state index >= 15 is 0 Å². The Hall–Kier alpha value is -1.58. The Labute approximate surface area is 87.8 Å². The molecular weight excluding hydrogens is 199 g/mol. The molecule has 0 radical (unpaired) electrons. The van der Waals surface area contributed by atoms with Crippen LogP contribution in [0.5, 0.6) is 5.75 Å². The summed E-state index contributed by atoms with van der Waals surface area (Å²) in [4.78, 5) is 11.0. The van der Waals surface area contributed by atoms with E-state index < -0.39 is 5.97 Å². The van der Waals surface area contributed by atoms with E-state index in [-0.39, 0.29) is 12.4 Å². The molecular formula is C11H13FO3. The van der Waals surface area contributed by atoms with Crippen molar-refractivity contribution < 1.29 is 18.7 Å². The van der Waals surface area contributed by atoms with E-state index in [1.54, 1.807) is 19.9 Å². The summed E-state index contributed by atoms with van der Waals surface area (Å²) in [6.07, 6.45) is 0. The number of carbonyl (C=O) groups excluding carboxylic acids is 1. The van der Waals surface area contributed by atoms with Gasteiger partial charge in [0.25, 0.3) is 0 Å². The molecule has 1 aromatic carbocycles. The maximum Gasteiger partial charge on any atom is 0.344 e. The number of carbonyl (C=O) groups is 1. The monoisotopic (exact) mass is 212 g/mol. The lowest BCUT2D eigenvalue weighted by atomic mass is 10.2. The second-order valence-electron chi connectivity index (χ2n) is 2.96. The molecule has 0 saturated carbocycles. The van der Waals surface area contributed by atoms with Crippen LogP contribution in [0.4, 0.5) is 4.39 Å². The van der Waals surface area contributed by atoms with E-state index in [4.69, 9.17) is 4.74 Å². The van der Waals surface area contributed by atoms with Gasteiger partial charge in [0.1, 0.15) is 11.6 Å². The third-order valence-electron chi connectivity index (χ3n) is 1.87. The molecule has 15 heavy (non-hydrogen) atoms. The average molecular weight is 212 g/mol. The summed E-state index contributed by atoms with van der Waals surface area (Å²) in [5, 5.41) is 0. The summed E-state index contributed by atoms with van der Waals surface area (Å²) in [5.41, 5.74) is 0.391. The highest BCUT2D eigenvalue weighted by Crippen LogP contribution is 2.19. The van der Waals surface area contributed by atoms with Gasteiger partial charge in [-0.2, -0.15) is 0 Å². The minimum Gasteiger partial charge on any atom is -0.482 e. The average Bonchev–Trinajstić information content (AvgIpc) is 2.21. The van der Waals surface area contributed by atoms with Crippen LogP contribution in [0.25, 0.3) is 0 Å². The molecule has 0 aliphatic heterocycles. The van der Waals surface area contributed by atoms with Crippen LogP contribution in [0.1, 0.15) is 12.5 Å². The van der Waals surface area contributed by atoms with Crippen LogP contribution in [0, 0.1) is 12.7 Å². The summed E-state index contributed by atoms with van der Waals surface area (Å²) in [6, 6.07) is 4.48. The highest BCUT2D eigenvalue weighted by atomic mass is 19.1. The zero-order chi connectivity index (χ0) is 11.3. The van der Waals surface area contributed by atoms with Crippen molar-refractivity contribution in [2.75, 3.05) is 13.2 Å². The van der Waals surface area contributed by atoms with Crippen molar-refractivity contribution >= 4 is 5.97 Å². The first kappa shape index (κ1) is 11.5. The first-order valence-electron chi connectivity index (χ1n) is 4.68. The molecule has 3 nitrogen and oxygen atoms in total. The molecule has 0 unspecified atom stereocenters. The van der Waals surface area contributed by atoms with Crippen LogP contribution in [-0.4, -0.2) is 19.2 Å². The Morgan fingerprint density at radius 3 is 2.87 bits per heavy atom. The summed E-state index contributed by atoms with van der Waals surface area (Å²) in [7, 11) is 0. The van der Waals surface area contributed by atoms with Crippen molar-refractivity contribution in [3.8, 4) is 5.75 Å². The standard InChI is InChI=1S/C11H13FO3/c1-3-14-11(13)7-15-10-6-4-5-9(12)8(10)2/h4-6H,3,7H2,1-2H3. The zero-order valence-corrected chi connectivity index (χ0v) is 8.75. The van der Waals surface area contributed by atoms with Gasteiger partial charge in [-0.1, -0.05) is 6.07 Å². The van der Waals surface area contributed by atoms with E-state index in [9.17, 15) is 9.18 Å². The van der Waals surface area contributed by atoms with Gasteiger partial charge in [0, 0.05) is 5.56 Å². The predicted octanol–water partition coefficient (Wildman–Crippen LogP) is 2.08. The normalized spacial score (nSPS) is 9.80. The SMILES string of the molecule is CCOC(=O)COc1cccc(F)c1C. The number of esters is 1. The number of ether oxygens (including phenoxy) is 2. The van der Waals surface area contributed by atoms with Crippen molar-refractivity contribution in [2.24, 2.45) is 0 Å². The van der Waals surface area contributed by atoms with Crippen LogP contribution >= 0.6 is 0 Å². The van der Waals surface area contributed by atoms with Gasteiger partial charge in [-0.3, -0.25) is 0 Å². The smallest absolute Gasteiger partial charge is 0.344 e. The van der Waals surface area contributed by atoms with Crippen LogP contribution in [0.3, 0.4) is 0 Å². The lowest BCUT2D eigenvalue weighted by Crippen LogP contribution is -2.15. The van der Waals surface area contributed by atoms with E-state index in [1.807, 2.05) is 0 Å². The number of hydrogen-bond acceptors (Lipinski definition) is 3. The second kappa shape index (κ2) is 5.34. The third-order valence-corrected chi connectivity index (χ3v) is 1.87. The first-order valence-corrected chi connectivity index (χ1v) is 4.68. The second-order valence-corrected chi connectivity index (χ2v) is 2.96. The van der Waals surface area contributed by atoms with Crippen LogP contribution < -0.4 is 4.74 Å². The fraction of sp³-hybridized carbons (Fsp3) is 0.364. The van der Waals surface area contributed by atoms with Crippen molar-refractivity contribution in [3.63, 3.8) is 0 Å². The maximum atomic E-state index is 13.1. The molecule has 0 amide bonds. The van der Waals surface area contributed by atoms with Crippen molar-refractivity contribution in [1.82, 2.24) is 0 Å². The summed E-state index contributed by atoms with van der Waals surface area (Å²) >= 11 is 0. The first-order chi connectivity index (χ1) is 7.15. The topological polar surface area (TPSA) is 35.5 Å². The minimum atomic E-state index is -0.457. The molecule has 0 fully saturated rings. The molecule has 0 atom stereocenters. The third kappa shape index (κ3) is 3.23. The Morgan fingerprint density at radius 2 is 2.20 bits per heavy atom. The summed E-state index contributed by atoms with van der Waals surface area (Å²) in [5.74, 6) is -0.444. The van der Waals surface area contributed by atoms with Gasteiger partial charge in [-0.05, 0) is 26.0 Å². The summed E-state index contributed by atoms with van der Waals surface area (Å²) < 4.78 is 22.8. The Kier molecular flexibility index (Phi) is 4.09. The number of halogens is 1. The van der Waals surface area contributed by atoms with E-state index in [2.05, 4.69) is 4.74 Å². The molecule has 0 bridgehead atoms. The Bertz CT molecular complexity index is 350. The largest absolute Gasteiger partial charge is 0.482 e. The molecule has 0 heterocycles. The number of rotatable bonds is 4. The zero-order valence-electron chi connectivity index (χ0n) is 8.75. The van der Waals surface area contributed by atoms with E-state index in [0.717, 1.165) is 0 Å². The predicted molar refractivity (Wildman–Crippen MR) is 53.3 cm³/mol. The van der Waals surface area contributed by atoms with Gasteiger partial charge in [0.15, 0.2) is 6.61 Å². The molecule has 4 heteroatoms. The minimum absolute atomic E-state index is 0.196. The molecule has 0 aliphatic carbocycles. The van der Waals surface area contributed by atoms with Crippen molar-refractivity contribution in [3.05, 3.63) is 29.6 Å². The van der Waals surface area contributed by atoms with E-state index in [1.165, 1.54) is 12.1 Å². The highest BCUT2D eigenvalue weighted by Gasteiger charge is 2.07. The molecule has 0 saturated heterocycles. The van der Waals surface area contributed by atoms with Gasteiger partial charge in [-0.25, -0.2) is 9.18 Å². The van der Waals surface area contributed by atoms with Crippen molar-refractivity contribution in [2.45, 2.75) is 13.8 Å². The van der Waals surface area contributed by atoms with Crippen LogP contribution in [0.2, 0.25) is 0 Å². The Morgan fingerprint density at radius 1 is 1.47 bits per heavy atom. The molecule has 1 rings (SSSR count). The fourth-order valence-corrected chi connectivity index (χ4v) is 1.08. The highest BCUT2D eigenvalue weighted by molar-refractivity contribution is 5.71. The van der Waals surface area contributed by atoms with Gasteiger partial charge in [-0.15, -0.1) is 0 Å². The maximum absolute atomic E-state index is 13.1. The quantitative estimate of drug-likeness (QED) is 0.717. The van der Waals surface area contributed by atoms with Crippen LogP contribution in [-0.2, 0) is 9.53 Å². The molecule has 0 spiro atoms. The lowest BCUT2D eigenvalue weighted by Gasteiger charge is -2.08. The molecule has 0 aliphatic rings. The van der Waals surface area contributed by atoms with Gasteiger partial charge in [0.05, 0.1) is 6.61 Å². The molecule has 0 aromatic heterocycles. The van der Waals surface area contributed by atoms with Crippen molar-refractivity contribution in [1.29, 1.82) is 0 Å². The lowest BCUT2D eigenvalue weighted by molar-refractivity contribution is -0.145. The Balaban J connectivity index is 2.58. The molecule has 1 aromatic rings. The molecule has 82 valence electrons. The van der Waals surface area contributed by atoms with Gasteiger partial charge < -0.3 is 9.47 Å². The number of benzene rings is 1. The van der Waals surface area contributed by atoms with Gasteiger partial charge in [0.2, 0.25) is 0 Å². The number of hydrogen-bond donors (Lipinski definition) is 0.